The van der Waals surface area contributed by atoms with Gasteiger partial charge in [-0.2, -0.15) is 4.31 Å². The van der Waals surface area contributed by atoms with E-state index in [0.717, 1.165) is 22.4 Å². The van der Waals surface area contributed by atoms with Crippen molar-refractivity contribution in [3.8, 4) is 5.75 Å². The SMILES string of the molecule is COc1ccc(S(=O)(=O)N2CCCC(C(=O)N(C)CC(=O)Nc3c(C)cc(C)cc3C)C2)cc1. The van der Waals surface area contributed by atoms with Crippen LogP contribution in [0.1, 0.15) is 29.5 Å². The summed E-state index contributed by atoms with van der Waals surface area (Å²) in [6.45, 7) is 6.21. The fourth-order valence-electron chi connectivity index (χ4n) is 4.42. The third kappa shape index (κ3) is 5.77. The van der Waals surface area contributed by atoms with Gasteiger partial charge in [0.25, 0.3) is 0 Å². The number of hydrogen-bond acceptors (Lipinski definition) is 5. The van der Waals surface area contributed by atoms with E-state index < -0.39 is 15.9 Å². The molecule has 1 unspecified atom stereocenters. The highest BCUT2D eigenvalue weighted by atomic mass is 32.2. The Morgan fingerprint density at radius 3 is 2.32 bits per heavy atom. The number of ether oxygens (including phenoxy) is 1. The maximum Gasteiger partial charge on any atom is 0.243 e. The number of carbonyl (C=O) groups is 2. The standard InChI is InChI=1S/C25H33N3O5S/c1-17-13-18(2)24(19(3)14-17)26-23(29)16-27(4)25(30)20-7-6-12-28(15-20)34(31,32)22-10-8-21(33-5)9-11-22/h8-11,13-14,20H,6-7,12,15-16H2,1-5H3,(H,26,29). The maximum atomic E-state index is 13.1. The molecule has 1 N–H and O–H groups in total. The zero-order chi connectivity index (χ0) is 25.0. The fraction of sp³-hybridized carbons (Fsp3) is 0.440. The van der Waals surface area contributed by atoms with E-state index in [4.69, 9.17) is 4.74 Å². The largest absolute Gasteiger partial charge is 0.497 e. The van der Waals surface area contributed by atoms with Crippen LogP contribution in [0.5, 0.6) is 5.75 Å². The van der Waals surface area contributed by atoms with E-state index in [1.165, 1.54) is 28.4 Å². The van der Waals surface area contributed by atoms with E-state index in [-0.39, 0.29) is 29.8 Å². The van der Waals surface area contributed by atoms with Crippen molar-refractivity contribution in [3.63, 3.8) is 0 Å². The van der Waals surface area contributed by atoms with Crippen LogP contribution < -0.4 is 10.1 Å². The van der Waals surface area contributed by atoms with Gasteiger partial charge in [-0.05, 0) is 69.0 Å². The van der Waals surface area contributed by atoms with Crippen LogP contribution >= 0.6 is 0 Å². The molecule has 0 spiro atoms. The van der Waals surface area contributed by atoms with E-state index in [2.05, 4.69) is 5.32 Å². The van der Waals surface area contributed by atoms with Crippen LogP contribution in [0.2, 0.25) is 0 Å². The third-order valence-electron chi connectivity index (χ3n) is 6.13. The molecule has 9 heteroatoms. The van der Waals surface area contributed by atoms with Crippen LogP contribution in [0.3, 0.4) is 0 Å². The normalized spacial score (nSPS) is 16.7. The molecule has 1 aliphatic rings. The number of methoxy groups -OCH3 is 1. The van der Waals surface area contributed by atoms with Crippen LogP contribution in [-0.2, 0) is 19.6 Å². The summed E-state index contributed by atoms with van der Waals surface area (Å²) in [6, 6.07) is 10.2. The monoisotopic (exact) mass is 487 g/mol. The van der Waals surface area contributed by atoms with Crippen LogP contribution in [0.4, 0.5) is 5.69 Å². The number of sulfonamides is 1. The summed E-state index contributed by atoms with van der Waals surface area (Å²) in [5.41, 5.74) is 3.80. The molecule has 1 aliphatic heterocycles. The number of hydrogen-bond donors (Lipinski definition) is 1. The van der Waals surface area contributed by atoms with Gasteiger partial charge in [-0.1, -0.05) is 17.7 Å². The molecule has 0 aromatic heterocycles. The predicted molar refractivity (Wildman–Crippen MR) is 131 cm³/mol. The zero-order valence-electron chi connectivity index (χ0n) is 20.4. The number of piperidine rings is 1. The van der Waals surface area contributed by atoms with Gasteiger partial charge in [0.1, 0.15) is 5.75 Å². The summed E-state index contributed by atoms with van der Waals surface area (Å²) in [6.07, 6.45) is 1.16. The highest BCUT2D eigenvalue weighted by molar-refractivity contribution is 7.89. The average Bonchev–Trinajstić information content (AvgIpc) is 2.81. The van der Waals surface area contributed by atoms with E-state index in [1.54, 1.807) is 19.2 Å². The van der Waals surface area contributed by atoms with Crippen molar-refractivity contribution in [1.29, 1.82) is 0 Å². The number of amides is 2. The molecule has 8 nitrogen and oxygen atoms in total. The average molecular weight is 488 g/mol. The van der Waals surface area contributed by atoms with Gasteiger partial charge in [0, 0.05) is 25.8 Å². The third-order valence-corrected chi connectivity index (χ3v) is 8.01. The van der Waals surface area contributed by atoms with Gasteiger partial charge < -0.3 is 15.0 Å². The Bertz CT molecular complexity index is 1140. The number of likely N-dealkylation sites (N-methyl/N-ethyl adjacent to an activating group) is 1. The van der Waals surface area contributed by atoms with Crippen LogP contribution in [0.15, 0.2) is 41.3 Å². The van der Waals surface area contributed by atoms with Gasteiger partial charge in [-0.15, -0.1) is 0 Å². The van der Waals surface area contributed by atoms with Gasteiger partial charge in [-0.25, -0.2) is 8.42 Å². The molecule has 34 heavy (non-hydrogen) atoms. The second-order valence-corrected chi connectivity index (χ2v) is 10.8. The maximum absolute atomic E-state index is 13.1. The molecular formula is C25H33N3O5S. The molecule has 0 aliphatic carbocycles. The second-order valence-electron chi connectivity index (χ2n) is 8.89. The molecule has 0 bridgehead atoms. The van der Waals surface area contributed by atoms with Crippen LogP contribution in [0.25, 0.3) is 0 Å². The Hall–Kier alpha value is -2.91. The number of rotatable bonds is 7. The first-order valence-corrected chi connectivity index (χ1v) is 12.7. The van der Waals surface area contributed by atoms with Crippen molar-refractivity contribution >= 4 is 27.5 Å². The zero-order valence-corrected chi connectivity index (χ0v) is 21.2. The van der Waals surface area contributed by atoms with E-state index in [1.807, 2.05) is 32.9 Å². The summed E-state index contributed by atoms with van der Waals surface area (Å²) in [5, 5.41) is 2.91. The molecule has 184 valence electrons. The van der Waals surface area contributed by atoms with Crippen LogP contribution in [0, 0.1) is 26.7 Å². The minimum absolute atomic E-state index is 0.0926. The number of benzene rings is 2. The lowest BCUT2D eigenvalue weighted by Gasteiger charge is -2.33. The highest BCUT2D eigenvalue weighted by Gasteiger charge is 2.34. The number of nitrogens with zero attached hydrogens (tertiary/aromatic N) is 2. The second kappa shape index (κ2) is 10.6. The van der Waals surface area contributed by atoms with Gasteiger partial charge in [0.2, 0.25) is 21.8 Å². The molecule has 3 rings (SSSR count). The minimum atomic E-state index is -3.73. The van der Waals surface area contributed by atoms with Gasteiger partial charge in [0.15, 0.2) is 0 Å². The van der Waals surface area contributed by atoms with E-state index in [0.29, 0.717) is 25.1 Å². The van der Waals surface area contributed by atoms with E-state index >= 15 is 0 Å². The first-order chi connectivity index (χ1) is 16.0. The summed E-state index contributed by atoms with van der Waals surface area (Å²) >= 11 is 0. The number of nitrogens with one attached hydrogen (secondary N) is 1. The molecule has 1 saturated heterocycles. The van der Waals surface area contributed by atoms with E-state index in [9.17, 15) is 18.0 Å². The predicted octanol–water partition coefficient (Wildman–Crippen LogP) is 3.12. The Morgan fingerprint density at radius 1 is 1.12 bits per heavy atom. The first-order valence-electron chi connectivity index (χ1n) is 11.3. The molecule has 1 fully saturated rings. The highest BCUT2D eigenvalue weighted by Crippen LogP contribution is 2.26. The molecule has 0 saturated carbocycles. The Kier molecular flexibility index (Phi) is 7.99. The van der Waals surface area contributed by atoms with Crippen molar-refractivity contribution in [2.75, 3.05) is 39.1 Å². The number of carbonyl (C=O) groups excluding carboxylic acids is 2. The minimum Gasteiger partial charge on any atom is -0.497 e. The summed E-state index contributed by atoms with van der Waals surface area (Å²) in [4.78, 5) is 27.2. The first kappa shape index (κ1) is 25.7. The topological polar surface area (TPSA) is 96.0 Å². The number of aryl methyl sites for hydroxylation is 3. The molecule has 2 aromatic carbocycles. The van der Waals surface area contributed by atoms with Crippen molar-refractivity contribution in [3.05, 3.63) is 53.1 Å². The molecular weight excluding hydrogens is 454 g/mol. The van der Waals surface area contributed by atoms with Crippen LogP contribution in [-0.4, -0.2) is 63.2 Å². The summed E-state index contributed by atoms with van der Waals surface area (Å²) < 4.78 is 32.6. The van der Waals surface area contributed by atoms with Crippen molar-refractivity contribution in [2.24, 2.45) is 5.92 Å². The molecule has 1 atom stereocenters. The van der Waals surface area contributed by atoms with Gasteiger partial charge in [0.05, 0.1) is 24.5 Å². The lowest BCUT2D eigenvalue weighted by Crippen LogP contribution is -2.47. The Morgan fingerprint density at radius 2 is 1.74 bits per heavy atom. The lowest BCUT2D eigenvalue weighted by atomic mass is 9.98. The summed E-state index contributed by atoms with van der Waals surface area (Å²) in [7, 11) is -0.633. The van der Waals surface area contributed by atoms with Gasteiger partial charge in [-0.3, -0.25) is 9.59 Å². The molecule has 2 amide bonds. The lowest BCUT2D eigenvalue weighted by molar-refractivity contribution is -0.138. The summed E-state index contributed by atoms with van der Waals surface area (Å²) in [5.74, 6) is -0.449. The van der Waals surface area contributed by atoms with Crippen molar-refractivity contribution < 1.29 is 22.7 Å². The van der Waals surface area contributed by atoms with Crippen molar-refractivity contribution in [1.82, 2.24) is 9.21 Å². The fourth-order valence-corrected chi connectivity index (χ4v) is 5.94. The molecule has 1 heterocycles. The molecule has 2 aromatic rings. The number of anilines is 1. The molecule has 0 radical (unpaired) electrons. The smallest absolute Gasteiger partial charge is 0.243 e. The Labute approximate surface area is 201 Å². The Balaban J connectivity index is 1.64. The quantitative estimate of drug-likeness (QED) is 0.647. The van der Waals surface area contributed by atoms with Gasteiger partial charge >= 0.3 is 0 Å². The van der Waals surface area contributed by atoms with Crippen molar-refractivity contribution in [2.45, 2.75) is 38.5 Å².